The van der Waals surface area contributed by atoms with E-state index in [0.29, 0.717) is 29.3 Å². The summed E-state index contributed by atoms with van der Waals surface area (Å²) < 4.78 is 1.42. The lowest BCUT2D eigenvalue weighted by atomic mass is 9.92. The van der Waals surface area contributed by atoms with Crippen LogP contribution in [0, 0.1) is 0 Å². The first-order valence-electron chi connectivity index (χ1n) is 8.16. The quantitative estimate of drug-likeness (QED) is 0.783. The molecule has 0 unspecified atom stereocenters. The lowest BCUT2D eigenvalue weighted by Gasteiger charge is -2.27. The Morgan fingerprint density at radius 2 is 2.00 bits per heavy atom. The number of nitrogen functional groups attached to an aromatic ring is 1. The Kier molecular flexibility index (Phi) is 5.18. The first-order valence-corrected chi connectivity index (χ1v) is 8.53. The summed E-state index contributed by atoms with van der Waals surface area (Å²) in [6, 6.07) is 7.98. The van der Waals surface area contributed by atoms with Crippen LogP contribution in [0.25, 0.3) is 5.69 Å². The molecule has 1 saturated carbocycles. The maximum atomic E-state index is 11.9. The molecule has 1 fully saturated rings. The van der Waals surface area contributed by atoms with Crippen LogP contribution in [-0.2, 0) is 6.54 Å². The zero-order valence-electron chi connectivity index (χ0n) is 13.4. The third-order valence-electron chi connectivity index (χ3n) is 4.49. The summed E-state index contributed by atoms with van der Waals surface area (Å²) in [5.41, 5.74) is 12.7. The molecule has 1 aromatic carbocycles. The minimum atomic E-state index is -0.421. The second kappa shape index (κ2) is 7.34. The highest BCUT2D eigenvalue weighted by Gasteiger charge is 2.18. The number of nitrogens with zero attached hydrogens (tertiary/aromatic N) is 2. The molecule has 1 aliphatic carbocycles. The van der Waals surface area contributed by atoms with E-state index in [0.717, 1.165) is 31.2 Å². The van der Waals surface area contributed by atoms with Crippen molar-refractivity contribution in [3.8, 4) is 5.69 Å². The third-order valence-corrected chi connectivity index (χ3v) is 4.84. The monoisotopic (exact) mass is 347 g/mol. The predicted molar refractivity (Wildman–Crippen MR) is 96.3 cm³/mol. The maximum Gasteiger partial charge on any atom is 0.354 e. The molecule has 24 heavy (non-hydrogen) atoms. The molecule has 7 heteroatoms. The topological polar surface area (TPSA) is 99.0 Å². The van der Waals surface area contributed by atoms with Gasteiger partial charge in [0.05, 0.1) is 5.69 Å². The Balaban J connectivity index is 1.69. The Labute approximate surface area is 145 Å². The van der Waals surface area contributed by atoms with Crippen LogP contribution in [0.1, 0.15) is 31.2 Å². The summed E-state index contributed by atoms with van der Waals surface area (Å²) >= 11 is 6.38. The van der Waals surface area contributed by atoms with Crippen LogP contribution in [0.4, 0.5) is 5.82 Å². The standard InChI is InChI=1S/C17H22ClN5O/c18-15-9-14(23-8-7-16(20)22-17(23)24)6-1-11(15)10-21-13-4-2-12(19)3-5-13/h1,6-9,12-13,21H,2-5,10,19H2,(H2,20,22,24)/t12-,13-. The van der Waals surface area contributed by atoms with Crippen molar-refractivity contribution in [3.63, 3.8) is 0 Å². The molecule has 0 bridgehead atoms. The Morgan fingerprint density at radius 3 is 2.67 bits per heavy atom. The van der Waals surface area contributed by atoms with Crippen LogP contribution >= 0.6 is 11.6 Å². The van der Waals surface area contributed by atoms with E-state index in [2.05, 4.69) is 10.3 Å². The van der Waals surface area contributed by atoms with Gasteiger partial charge in [-0.1, -0.05) is 17.7 Å². The van der Waals surface area contributed by atoms with Crippen LogP contribution in [0.5, 0.6) is 0 Å². The van der Waals surface area contributed by atoms with E-state index in [1.807, 2.05) is 12.1 Å². The van der Waals surface area contributed by atoms with Gasteiger partial charge in [0.1, 0.15) is 5.82 Å². The van der Waals surface area contributed by atoms with Gasteiger partial charge in [0.15, 0.2) is 0 Å². The third kappa shape index (κ3) is 3.95. The second-order valence-corrected chi connectivity index (χ2v) is 6.68. The average molecular weight is 348 g/mol. The van der Waals surface area contributed by atoms with Crippen molar-refractivity contribution in [1.82, 2.24) is 14.9 Å². The fraction of sp³-hybridized carbons (Fsp3) is 0.412. The summed E-state index contributed by atoms with van der Waals surface area (Å²) in [4.78, 5) is 15.6. The molecule has 128 valence electrons. The highest BCUT2D eigenvalue weighted by molar-refractivity contribution is 6.31. The van der Waals surface area contributed by atoms with Gasteiger partial charge < -0.3 is 16.8 Å². The zero-order chi connectivity index (χ0) is 17.1. The van der Waals surface area contributed by atoms with Crippen molar-refractivity contribution in [2.45, 2.75) is 44.3 Å². The van der Waals surface area contributed by atoms with Gasteiger partial charge in [0.25, 0.3) is 0 Å². The molecule has 0 spiro atoms. The first kappa shape index (κ1) is 17.0. The van der Waals surface area contributed by atoms with Crippen LogP contribution in [0.2, 0.25) is 5.02 Å². The molecule has 3 rings (SSSR count). The number of benzene rings is 1. The Morgan fingerprint density at radius 1 is 1.25 bits per heavy atom. The molecule has 5 N–H and O–H groups in total. The highest BCUT2D eigenvalue weighted by atomic mass is 35.5. The number of hydrogen-bond donors (Lipinski definition) is 3. The minimum absolute atomic E-state index is 0.204. The second-order valence-electron chi connectivity index (χ2n) is 6.27. The molecule has 0 atom stereocenters. The number of aromatic nitrogens is 2. The SMILES string of the molecule is Nc1ccn(-c2ccc(CN[C@H]3CC[C@H](N)CC3)c(Cl)c2)c(=O)n1. The molecule has 0 amide bonds. The molecule has 0 radical (unpaired) electrons. The van der Waals surface area contributed by atoms with E-state index in [4.69, 9.17) is 23.1 Å². The van der Waals surface area contributed by atoms with Crippen molar-refractivity contribution < 1.29 is 0 Å². The van der Waals surface area contributed by atoms with E-state index in [-0.39, 0.29) is 5.82 Å². The minimum Gasteiger partial charge on any atom is -0.383 e. The molecule has 1 aromatic heterocycles. The molecule has 0 saturated heterocycles. The van der Waals surface area contributed by atoms with E-state index in [9.17, 15) is 4.79 Å². The molecule has 2 aromatic rings. The van der Waals surface area contributed by atoms with Gasteiger partial charge in [-0.15, -0.1) is 0 Å². The van der Waals surface area contributed by atoms with Gasteiger partial charge in [-0.3, -0.25) is 4.57 Å². The van der Waals surface area contributed by atoms with Gasteiger partial charge in [-0.2, -0.15) is 4.98 Å². The van der Waals surface area contributed by atoms with Crippen molar-refractivity contribution in [3.05, 3.63) is 51.5 Å². The smallest absolute Gasteiger partial charge is 0.354 e. The highest BCUT2D eigenvalue weighted by Crippen LogP contribution is 2.22. The molecule has 0 aliphatic heterocycles. The van der Waals surface area contributed by atoms with Crippen molar-refractivity contribution in [2.24, 2.45) is 5.73 Å². The lowest BCUT2D eigenvalue weighted by Crippen LogP contribution is -2.37. The number of hydrogen-bond acceptors (Lipinski definition) is 5. The number of rotatable bonds is 4. The average Bonchev–Trinajstić information content (AvgIpc) is 2.55. The predicted octanol–water partition coefficient (Wildman–Crippen LogP) is 1.83. The molecule has 1 aliphatic rings. The fourth-order valence-corrected chi connectivity index (χ4v) is 3.26. The maximum absolute atomic E-state index is 11.9. The zero-order valence-corrected chi connectivity index (χ0v) is 14.2. The number of halogens is 1. The van der Waals surface area contributed by atoms with E-state index >= 15 is 0 Å². The Bertz CT molecular complexity index is 768. The van der Waals surface area contributed by atoms with Crippen LogP contribution in [0.3, 0.4) is 0 Å². The number of nitrogens with two attached hydrogens (primary N) is 2. The largest absolute Gasteiger partial charge is 0.383 e. The number of nitrogens with one attached hydrogen (secondary N) is 1. The van der Waals surface area contributed by atoms with E-state index in [1.54, 1.807) is 18.3 Å². The number of anilines is 1. The van der Waals surface area contributed by atoms with Crippen molar-refractivity contribution in [1.29, 1.82) is 0 Å². The van der Waals surface area contributed by atoms with Crippen LogP contribution < -0.4 is 22.5 Å². The van der Waals surface area contributed by atoms with E-state index in [1.165, 1.54) is 4.57 Å². The summed E-state index contributed by atoms with van der Waals surface area (Å²) in [5.74, 6) is 0.204. The summed E-state index contributed by atoms with van der Waals surface area (Å²) in [5, 5.41) is 4.16. The molecule has 1 heterocycles. The van der Waals surface area contributed by atoms with Gasteiger partial charge in [0.2, 0.25) is 0 Å². The molecular formula is C17H22ClN5O. The fourth-order valence-electron chi connectivity index (χ4n) is 3.02. The van der Waals surface area contributed by atoms with Crippen molar-refractivity contribution >= 4 is 17.4 Å². The van der Waals surface area contributed by atoms with Crippen LogP contribution in [0.15, 0.2) is 35.3 Å². The summed E-state index contributed by atoms with van der Waals surface area (Å²) in [6.45, 7) is 0.702. The summed E-state index contributed by atoms with van der Waals surface area (Å²) in [7, 11) is 0. The van der Waals surface area contributed by atoms with Gasteiger partial charge in [0, 0.05) is 29.8 Å². The normalized spacial score (nSPS) is 20.9. The molecule has 6 nitrogen and oxygen atoms in total. The van der Waals surface area contributed by atoms with Gasteiger partial charge in [-0.25, -0.2) is 4.79 Å². The van der Waals surface area contributed by atoms with E-state index < -0.39 is 5.69 Å². The van der Waals surface area contributed by atoms with Gasteiger partial charge in [-0.05, 0) is 49.4 Å². The summed E-state index contributed by atoms with van der Waals surface area (Å²) in [6.07, 6.45) is 5.93. The lowest BCUT2D eigenvalue weighted by molar-refractivity contribution is 0.342. The van der Waals surface area contributed by atoms with Gasteiger partial charge >= 0.3 is 5.69 Å². The van der Waals surface area contributed by atoms with Crippen LogP contribution in [-0.4, -0.2) is 21.6 Å². The van der Waals surface area contributed by atoms with Crippen molar-refractivity contribution in [2.75, 3.05) is 5.73 Å². The Hall–Kier alpha value is -1.89. The molecular weight excluding hydrogens is 326 g/mol. The first-order chi connectivity index (χ1) is 11.5.